The maximum atomic E-state index is 12.6. The molecule has 1 N–H and O–H groups in total. The highest BCUT2D eigenvalue weighted by atomic mass is 32.2. The molecular formula is C21H28N2O5S. The number of rotatable bonds is 9. The minimum absolute atomic E-state index is 0.256. The van der Waals surface area contributed by atoms with Gasteiger partial charge in [-0.2, -0.15) is 0 Å². The summed E-state index contributed by atoms with van der Waals surface area (Å²) in [7, 11) is -2.19. The lowest BCUT2D eigenvalue weighted by atomic mass is 10.1. The third kappa shape index (κ3) is 6.12. The summed E-state index contributed by atoms with van der Waals surface area (Å²) in [5, 5.41) is 2.74. The third-order valence-electron chi connectivity index (χ3n) is 4.40. The fourth-order valence-corrected chi connectivity index (χ4v) is 4.07. The molecule has 7 nitrogen and oxygen atoms in total. The summed E-state index contributed by atoms with van der Waals surface area (Å²) in [5.41, 5.74) is 2.46. The molecule has 0 aromatic heterocycles. The fourth-order valence-electron chi connectivity index (χ4n) is 2.90. The van der Waals surface area contributed by atoms with Crippen LogP contribution in [0.15, 0.2) is 42.5 Å². The summed E-state index contributed by atoms with van der Waals surface area (Å²) in [6, 6.07) is 11.6. The summed E-state index contributed by atoms with van der Waals surface area (Å²) in [6.07, 6.45) is 1.07. The summed E-state index contributed by atoms with van der Waals surface area (Å²) < 4.78 is 36.7. The van der Waals surface area contributed by atoms with Crippen LogP contribution in [0.3, 0.4) is 0 Å². The van der Waals surface area contributed by atoms with Gasteiger partial charge in [-0.1, -0.05) is 18.2 Å². The number of carbonyl (C=O) groups excluding carboxylic acids is 1. The molecule has 0 heterocycles. The molecule has 0 unspecified atom stereocenters. The van der Waals surface area contributed by atoms with Crippen LogP contribution in [-0.2, 0) is 14.8 Å². The van der Waals surface area contributed by atoms with Gasteiger partial charge < -0.3 is 14.8 Å². The van der Waals surface area contributed by atoms with Crippen molar-refractivity contribution in [1.29, 1.82) is 0 Å². The van der Waals surface area contributed by atoms with E-state index in [9.17, 15) is 13.2 Å². The predicted molar refractivity (Wildman–Crippen MR) is 114 cm³/mol. The van der Waals surface area contributed by atoms with Gasteiger partial charge in [0.1, 0.15) is 24.1 Å². The zero-order valence-corrected chi connectivity index (χ0v) is 18.2. The number of nitrogens with zero attached hydrogens (tertiary/aromatic N) is 1. The topological polar surface area (TPSA) is 84.9 Å². The van der Waals surface area contributed by atoms with Crippen LogP contribution in [0.1, 0.15) is 18.1 Å². The van der Waals surface area contributed by atoms with Crippen LogP contribution in [0, 0.1) is 13.8 Å². The van der Waals surface area contributed by atoms with Gasteiger partial charge in [0.05, 0.1) is 25.6 Å². The van der Waals surface area contributed by atoms with Crippen LogP contribution >= 0.6 is 0 Å². The number of benzene rings is 2. The lowest BCUT2D eigenvalue weighted by Gasteiger charge is -2.28. The lowest BCUT2D eigenvalue weighted by molar-refractivity contribution is -0.121. The zero-order chi connectivity index (χ0) is 21.6. The highest BCUT2D eigenvalue weighted by Crippen LogP contribution is 2.25. The van der Waals surface area contributed by atoms with E-state index in [1.54, 1.807) is 31.2 Å². The summed E-state index contributed by atoms with van der Waals surface area (Å²) in [6.45, 7) is 6.01. The Morgan fingerprint density at radius 2 is 1.90 bits per heavy atom. The first kappa shape index (κ1) is 22.5. The molecule has 2 aromatic rings. The number of nitrogens with one attached hydrogen (secondary N) is 1. The molecule has 0 saturated carbocycles. The highest BCUT2D eigenvalue weighted by Gasteiger charge is 2.29. The van der Waals surface area contributed by atoms with Gasteiger partial charge in [-0.05, 0) is 50.1 Å². The SMILES string of the molecule is COc1cccc(N([C@@H](C)C(=O)NCCOc2cc(C)ccc2C)S(C)(=O)=O)c1. The molecule has 0 aliphatic carbocycles. The molecule has 1 amide bonds. The molecule has 0 radical (unpaired) electrons. The minimum atomic E-state index is -3.69. The van der Waals surface area contributed by atoms with E-state index in [0.717, 1.165) is 27.4 Å². The van der Waals surface area contributed by atoms with E-state index in [0.29, 0.717) is 11.4 Å². The number of aryl methyl sites for hydroxylation is 2. The number of ether oxygens (including phenoxy) is 2. The molecule has 0 spiro atoms. The Hall–Kier alpha value is -2.74. The number of amides is 1. The van der Waals surface area contributed by atoms with Crippen LogP contribution in [0.4, 0.5) is 5.69 Å². The number of hydrogen-bond acceptors (Lipinski definition) is 5. The molecule has 0 aliphatic rings. The second-order valence-electron chi connectivity index (χ2n) is 6.84. The predicted octanol–water partition coefficient (Wildman–Crippen LogP) is 2.66. The molecule has 0 bridgehead atoms. The number of hydrogen-bond donors (Lipinski definition) is 1. The van der Waals surface area contributed by atoms with Gasteiger partial charge in [0, 0.05) is 6.07 Å². The van der Waals surface area contributed by atoms with Crippen LogP contribution in [-0.4, -0.2) is 46.9 Å². The smallest absolute Gasteiger partial charge is 0.243 e. The van der Waals surface area contributed by atoms with Crippen LogP contribution < -0.4 is 19.1 Å². The van der Waals surface area contributed by atoms with Gasteiger partial charge in [0.25, 0.3) is 0 Å². The molecule has 0 fully saturated rings. The largest absolute Gasteiger partial charge is 0.497 e. The monoisotopic (exact) mass is 420 g/mol. The van der Waals surface area contributed by atoms with E-state index in [-0.39, 0.29) is 13.2 Å². The van der Waals surface area contributed by atoms with Gasteiger partial charge in [-0.3, -0.25) is 9.10 Å². The fraction of sp³-hybridized carbons (Fsp3) is 0.381. The van der Waals surface area contributed by atoms with Crippen molar-refractivity contribution in [3.8, 4) is 11.5 Å². The zero-order valence-electron chi connectivity index (χ0n) is 17.4. The second-order valence-corrected chi connectivity index (χ2v) is 8.70. The summed E-state index contributed by atoms with van der Waals surface area (Å²) >= 11 is 0. The van der Waals surface area contributed by atoms with Crippen molar-refractivity contribution in [2.45, 2.75) is 26.8 Å². The minimum Gasteiger partial charge on any atom is -0.497 e. The van der Waals surface area contributed by atoms with Crippen molar-refractivity contribution in [2.24, 2.45) is 0 Å². The Balaban J connectivity index is 2.02. The maximum absolute atomic E-state index is 12.6. The summed E-state index contributed by atoms with van der Waals surface area (Å²) in [4.78, 5) is 12.6. The second kappa shape index (κ2) is 9.65. The molecule has 1 atom stereocenters. The van der Waals surface area contributed by atoms with Gasteiger partial charge in [0.2, 0.25) is 15.9 Å². The number of sulfonamides is 1. The van der Waals surface area contributed by atoms with Crippen LogP contribution in [0.5, 0.6) is 11.5 Å². The number of anilines is 1. The molecule has 2 aromatic carbocycles. The van der Waals surface area contributed by atoms with Crippen molar-refractivity contribution in [3.05, 3.63) is 53.6 Å². The lowest BCUT2D eigenvalue weighted by Crippen LogP contribution is -2.48. The van der Waals surface area contributed by atoms with E-state index in [2.05, 4.69) is 5.32 Å². The molecule has 2 rings (SSSR count). The Morgan fingerprint density at radius 3 is 2.55 bits per heavy atom. The van der Waals surface area contributed by atoms with Crippen molar-refractivity contribution in [3.63, 3.8) is 0 Å². The first-order valence-electron chi connectivity index (χ1n) is 9.24. The standard InChI is InChI=1S/C21H28N2O5S/c1-15-9-10-16(2)20(13-15)28-12-11-22-21(24)17(3)23(29(5,25)26)18-7-6-8-19(14-18)27-4/h6-10,13-14,17H,11-12H2,1-5H3,(H,22,24)/t17-/m0/s1. The molecule has 0 aliphatic heterocycles. The Kier molecular flexibility index (Phi) is 7.50. The van der Waals surface area contributed by atoms with Gasteiger partial charge in [-0.25, -0.2) is 8.42 Å². The molecule has 0 saturated heterocycles. The van der Waals surface area contributed by atoms with E-state index >= 15 is 0 Å². The molecular weight excluding hydrogens is 392 g/mol. The van der Waals surface area contributed by atoms with Crippen molar-refractivity contribution < 1.29 is 22.7 Å². The van der Waals surface area contributed by atoms with E-state index in [4.69, 9.17) is 9.47 Å². The Morgan fingerprint density at radius 1 is 1.17 bits per heavy atom. The Labute approximate surface area is 172 Å². The molecule has 8 heteroatoms. The first-order chi connectivity index (χ1) is 13.6. The highest BCUT2D eigenvalue weighted by molar-refractivity contribution is 7.92. The van der Waals surface area contributed by atoms with Crippen molar-refractivity contribution in [2.75, 3.05) is 30.8 Å². The van der Waals surface area contributed by atoms with Gasteiger partial charge in [-0.15, -0.1) is 0 Å². The number of methoxy groups -OCH3 is 1. The van der Waals surface area contributed by atoms with E-state index in [1.165, 1.54) is 7.11 Å². The number of carbonyl (C=O) groups is 1. The maximum Gasteiger partial charge on any atom is 0.243 e. The van der Waals surface area contributed by atoms with E-state index in [1.807, 2.05) is 32.0 Å². The molecule has 158 valence electrons. The van der Waals surface area contributed by atoms with Crippen LogP contribution in [0.2, 0.25) is 0 Å². The first-order valence-corrected chi connectivity index (χ1v) is 11.1. The average Bonchev–Trinajstić information content (AvgIpc) is 2.66. The average molecular weight is 421 g/mol. The van der Waals surface area contributed by atoms with Gasteiger partial charge >= 0.3 is 0 Å². The summed E-state index contributed by atoms with van der Waals surface area (Å²) in [5.74, 6) is 0.856. The molecule has 29 heavy (non-hydrogen) atoms. The quantitative estimate of drug-likeness (QED) is 0.631. The van der Waals surface area contributed by atoms with Crippen molar-refractivity contribution >= 4 is 21.6 Å². The van der Waals surface area contributed by atoms with Gasteiger partial charge in [0.15, 0.2) is 0 Å². The third-order valence-corrected chi connectivity index (χ3v) is 5.64. The van der Waals surface area contributed by atoms with Crippen LogP contribution in [0.25, 0.3) is 0 Å². The van der Waals surface area contributed by atoms with Crippen molar-refractivity contribution in [1.82, 2.24) is 5.32 Å². The van der Waals surface area contributed by atoms with E-state index < -0.39 is 22.0 Å². The Bertz CT molecular complexity index is 959. The normalized spacial score (nSPS) is 12.2.